The number of benzene rings is 2. The van der Waals surface area contributed by atoms with Gasteiger partial charge in [-0.1, -0.05) is 24.3 Å². The number of carbonyl (C=O) groups is 1. The molecule has 2 aromatic heterocycles. The van der Waals surface area contributed by atoms with Crippen molar-refractivity contribution in [2.75, 3.05) is 17.7 Å². The molecule has 0 saturated carbocycles. The summed E-state index contributed by atoms with van der Waals surface area (Å²) in [4.78, 5) is 25.4. The number of amides is 1. The van der Waals surface area contributed by atoms with Crippen LogP contribution in [0.1, 0.15) is 15.9 Å². The Morgan fingerprint density at radius 2 is 1.86 bits per heavy atom. The molecule has 2 heterocycles. The highest BCUT2D eigenvalue weighted by Crippen LogP contribution is 2.22. The zero-order valence-electron chi connectivity index (χ0n) is 15.8. The Hall–Kier alpha value is -3.98. The summed E-state index contributed by atoms with van der Waals surface area (Å²) in [5, 5.41) is 9.02. The molecule has 0 aliphatic rings. The molecular formula is C20H20N8O. The molecule has 0 atom stereocenters. The summed E-state index contributed by atoms with van der Waals surface area (Å²) in [7, 11) is 1.59. The number of hydrogen-bond acceptors (Lipinski definition) is 7. The van der Waals surface area contributed by atoms with Gasteiger partial charge in [0.1, 0.15) is 0 Å². The van der Waals surface area contributed by atoms with Crippen molar-refractivity contribution in [3.05, 3.63) is 72.1 Å². The molecule has 4 aromatic rings. The Balaban J connectivity index is 1.69. The maximum Gasteiger partial charge on any atom is 0.253 e. The second-order valence-electron chi connectivity index (χ2n) is 6.24. The van der Waals surface area contributed by atoms with E-state index in [1.54, 1.807) is 42.0 Å². The van der Waals surface area contributed by atoms with E-state index < -0.39 is 0 Å². The Bertz CT molecular complexity index is 1150. The number of nitrogens with one attached hydrogen (secondary N) is 3. The van der Waals surface area contributed by atoms with Crippen molar-refractivity contribution in [3.8, 4) is 0 Å². The smallest absolute Gasteiger partial charge is 0.253 e. The fraction of sp³-hybridized carbons (Fsp3) is 0.100. The van der Waals surface area contributed by atoms with Gasteiger partial charge < -0.3 is 21.7 Å². The number of imidazole rings is 1. The summed E-state index contributed by atoms with van der Waals surface area (Å²) in [5.41, 5.74) is 8.65. The van der Waals surface area contributed by atoms with Crippen molar-refractivity contribution < 1.29 is 4.79 Å². The number of hydrogen-bond donors (Lipinski definition) is 4. The van der Waals surface area contributed by atoms with Crippen molar-refractivity contribution in [2.45, 2.75) is 6.54 Å². The average Bonchev–Trinajstić information content (AvgIpc) is 3.23. The number of rotatable bonds is 6. The number of anilines is 4. The van der Waals surface area contributed by atoms with Gasteiger partial charge >= 0.3 is 0 Å². The summed E-state index contributed by atoms with van der Waals surface area (Å²) in [6.45, 7) is 0.484. The van der Waals surface area contributed by atoms with Gasteiger partial charge in [0.05, 0.1) is 11.3 Å². The number of nitrogens with zero attached hydrogens (tertiary/aromatic N) is 4. The van der Waals surface area contributed by atoms with Crippen LogP contribution in [-0.2, 0) is 6.54 Å². The van der Waals surface area contributed by atoms with E-state index in [1.165, 1.54) is 0 Å². The zero-order chi connectivity index (χ0) is 20.2. The van der Waals surface area contributed by atoms with Crippen LogP contribution in [-0.4, -0.2) is 32.3 Å². The number of fused-ring (bicyclic) bond motifs is 1. The largest absolute Gasteiger partial charge is 0.355 e. The van der Waals surface area contributed by atoms with Gasteiger partial charge in [-0.3, -0.25) is 9.20 Å². The van der Waals surface area contributed by atoms with Crippen LogP contribution < -0.4 is 21.7 Å². The van der Waals surface area contributed by atoms with Crippen molar-refractivity contribution >= 4 is 35.0 Å². The SMILES string of the molecule is CNC(=O)c1ccccc1Nc1nc(Nc2ccc(CN)cc2)n2ccnc2n1. The maximum atomic E-state index is 12.1. The standard InChI is InChI=1S/C20H20N8O/c1-22-17(29)15-4-2-3-5-16(15)25-18-26-19-23-10-11-28(19)20(27-18)24-14-8-6-13(12-21)7-9-14/h2-11H,12,21H2,1H3,(H,22,29)(H2,23,24,25,26,27). The molecule has 0 radical (unpaired) electrons. The third-order valence-corrected chi connectivity index (χ3v) is 4.36. The predicted molar refractivity (Wildman–Crippen MR) is 112 cm³/mol. The minimum absolute atomic E-state index is 0.201. The van der Waals surface area contributed by atoms with Gasteiger partial charge in [0.25, 0.3) is 5.91 Å². The molecule has 4 rings (SSSR count). The van der Waals surface area contributed by atoms with Crippen molar-refractivity contribution in [1.29, 1.82) is 0 Å². The van der Waals surface area contributed by atoms with Gasteiger partial charge in [-0.2, -0.15) is 9.97 Å². The normalized spacial score (nSPS) is 10.7. The molecule has 9 heteroatoms. The van der Waals surface area contributed by atoms with Crippen molar-refractivity contribution in [3.63, 3.8) is 0 Å². The lowest BCUT2D eigenvalue weighted by molar-refractivity contribution is 0.0964. The molecule has 1 amide bonds. The van der Waals surface area contributed by atoms with E-state index in [1.807, 2.05) is 30.3 Å². The second kappa shape index (κ2) is 7.95. The van der Waals surface area contributed by atoms with Crippen LogP contribution in [0.5, 0.6) is 0 Å². The first-order chi connectivity index (χ1) is 14.2. The minimum Gasteiger partial charge on any atom is -0.355 e. The molecule has 0 spiro atoms. The van der Waals surface area contributed by atoms with E-state index in [0.29, 0.717) is 35.5 Å². The third kappa shape index (κ3) is 3.85. The molecule has 0 aliphatic carbocycles. The van der Waals surface area contributed by atoms with Gasteiger partial charge in [-0.25, -0.2) is 4.98 Å². The van der Waals surface area contributed by atoms with E-state index in [-0.39, 0.29) is 5.91 Å². The molecule has 9 nitrogen and oxygen atoms in total. The molecule has 0 saturated heterocycles. The van der Waals surface area contributed by atoms with Crippen LogP contribution in [0.15, 0.2) is 60.9 Å². The third-order valence-electron chi connectivity index (χ3n) is 4.36. The van der Waals surface area contributed by atoms with Gasteiger partial charge in [0.2, 0.25) is 17.7 Å². The van der Waals surface area contributed by atoms with Crippen LogP contribution in [0.3, 0.4) is 0 Å². The Kier molecular flexibility index (Phi) is 5.04. The lowest BCUT2D eigenvalue weighted by Gasteiger charge is -2.13. The quantitative estimate of drug-likeness (QED) is 0.400. The van der Waals surface area contributed by atoms with Crippen LogP contribution in [0.4, 0.5) is 23.3 Å². The highest BCUT2D eigenvalue weighted by Gasteiger charge is 2.13. The molecule has 29 heavy (non-hydrogen) atoms. The van der Waals surface area contributed by atoms with Gasteiger partial charge in [-0.05, 0) is 29.8 Å². The Morgan fingerprint density at radius 1 is 1.07 bits per heavy atom. The first-order valence-corrected chi connectivity index (χ1v) is 9.03. The lowest BCUT2D eigenvalue weighted by atomic mass is 10.1. The molecule has 0 fully saturated rings. The summed E-state index contributed by atoms with van der Waals surface area (Å²) in [6.07, 6.45) is 3.42. The predicted octanol–water partition coefficient (Wildman–Crippen LogP) is 2.43. The zero-order valence-corrected chi connectivity index (χ0v) is 15.8. The van der Waals surface area contributed by atoms with E-state index in [2.05, 4.69) is 30.9 Å². The summed E-state index contributed by atoms with van der Waals surface area (Å²) >= 11 is 0. The number of carbonyl (C=O) groups excluding carboxylic acids is 1. The van der Waals surface area contributed by atoms with E-state index in [4.69, 9.17) is 5.73 Å². The highest BCUT2D eigenvalue weighted by atomic mass is 16.1. The number of nitrogens with two attached hydrogens (primary N) is 1. The highest BCUT2D eigenvalue weighted by molar-refractivity contribution is 5.99. The molecule has 5 N–H and O–H groups in total. The summed E-state index contributed by atoms with van der Waals surface area (Å²) in [6, 6.07) is 14.9. The Labute approximate surface area is 167 Å². The van der Waals surface area contributed by atoms with Crippen molar-refractivity contribution in [1.82, 2.24) is 24.7 Å². The number of aromatic nitrogens is 4. The van der Waals surface area contributed by atoms with E-state index in [0.717, 1.165) is 11.3 Å². The van der Waals surface area contributed by atoms with Crippen LogP contribution in [0.25, 0.3) is 5.78 Å². The summed E-state index contributed by atoms with van der Waals surface area (Å²) in [5.74, 6) is 1.13. The fourth-order valence-corrected chi connectivity index (χ4v) is 2.86. The van der Waals surface area contributed by atoms with Crippen LogP contribution in [0.2, 0.25) is 0 Å². The molecule has 0 aliphatic heterocycles. The van der Waals surface area contributed by atoms with E-state index in [9.17, 15) is 4.79 Å². The van der Waals surface area contributed by atoms with Crippen LogP contribution >= 0.6 is 0 Å². The second-order valence-corrected chi connectivity index (χ2v) is 6.24. The molecule has 2 aromatic carbocycles. The first-order valence-electron chi connectivity index (χ1n) is 9.03. The molecular weight excluding hydrogens is 368 g/mol. The minimum atomic E-state index is -0.201. The topological polar surface area (TPSA) is 122 Å². The number of para-hydroxylation sites is 1. The molecule has 0 unspecified atom stereocenters. The fourth-order valence-electron chi connectivity index (χ4n) is 2.86. The maximum absolute atomic E-state index is 12.1. The summed E-state index contributed by atoms with van der Waals surface area (Å²) < 4.78 is 1.74. The molecule has 0 bridgehead atoms. The van der Waals surface area contributed by atoms with Gasteiger partial charge in [0.15, 0.2) is 0 Å². The molecule has 146 valence electrons. The van der Waals surface area contributed by atoms with Crippen molar-refractivity contribution in [2.24, 2.45) is 5.73 Å². The average molecular weight is 388 g/mol. The van der Waals surface area contributed by atoms with Gasteiger partial charge in [-0.15, -0.1) is 0 Å². The first kappa shape index (κ1) is 18.4. The monoisotopic (exact) mass is 388 g/mol. The Morgan fingerprint density at radius 3 is 2.62 bits per heavy atom. The van der Waals surface area contributed by atoms with E-state index >= 15 is 0 Å². The van der Waals surface area contributed by atoms with Gasteiger partial charge in [0, 0.05) is 31.7 Å². The van der Waals surface area contributed by atoms with Crippen LogP contribution in [0, 0.1) is 0 Å². The lowest BCUT2D eigenvalue weighted by Crippen LogP contribution is -2.19.